The van der Waals surface area contributed by atoms with Crippen LogP contribution in [-0.2, 0) is 0 Å². The van der Waals surface area contributed by atoms with Crippen molar-refractivity contribution in [3.8, 4) is 0 Å². The van der Waals surface area contributed by atoms with E-state index in [9.17, 15) is 0 Å². The van der Waals surface area contributed by atoms with Crippen LogP contribution in [0, 0.1) is 17.8 Å². The Kier molecular flexibility index (Phi) is 3.57. The average molecular weight is 169 g/mol. The van der Waals surface area contributed by atoms with Crippen molar-refractivity contribution in [3.05, 3.63) is 0 Å². The van der Waals surface area contributed by atoms with Crippen molar-refractivity contribution in [1.82, 2.24) is 0 Å². The molecule has 1 nitrogen and oxygen atoms in total. The summed E-state index contributed by atoms with van der Waals surface area (Å²) in [6.07, 6.45) is 5.52. The van der Waals surface area contributed by atoms with Crippen LogP contribution in [0.5, 0.6) is 0 Å². The van der Waals surface area contributed by atoms with Gasteiger partial charge in [0.25, 0.3) is 0 Å². The third-order valence-electron chi connectivity index (χ3n) is 3.51. The second-order valence-corrected chi connectivity index (χ2v) is 4.58. The minimum Gasteiger partial charge on any atom is -0.327 e. The van der Waals surface area contributed by atoms with Crippen molar-refractivity contribution in [2.45, 2.75) is 52.5 Å². The van der Waals surface area contributed by atoms with E-state index in [-0.39, 0.29) is 0 Å². The first-order valence-corrected chi connectivity index (χ1v) is 5.42. The molecule has 1 heteroatoms. The summed E-state index contributed by atoms with van der Waals surface area (Å²) in [4.78, 5) is 0. The van der Waals surface area contributed by atoms with Crippen LogP contribution in [0.4, 0.5) is 0 Å². The second kappa shape index (κ2) is 4.27. The first-order valence-electron chi connectivity index (χ1n) is 5.42. The lowest BCUT2D eigenvalue weighted by Crippen LogP contribution is -2.36. The molecule has 0 aromatic heterocycles. The van der Waals surface area contributed by atoms with Gasteiger partial charge in [0, 0.05) is 6.04 Å². The Hall–Kier alpha value is -0.0400. The Labute approximate surface area is 76.7 Å². The SMILES string of the molecule is CCC1CCCC1C(N)C(C)C. The molecule has 2 N–H and O–H groups in total. The molecule has 0 amide bonds. The molecule has 12 heavy (non-hydrogen) atoms. The fraction of sp³-hybridized carbons (Fsp3) is 1.00. The molecule has 0 aromatic rings. The molecule has 0 aliphatic heterocycles. The van der Waals surface area contributed by atoms with Crippen molar-refractivity contribution in [1.29, 1.82) is 0 Å². The van der Waals surface area contributed by atoms with Gasteiger partial charge in [-0.05, 0) is 24.2 Å². The third-order valence-corrected chi connectivity index (χ3v) is 3.51. The first-order chi connectivity index (χ1) is 5.66. The fourth-order valence-corrected chi connectivity index (χ4v) is 2.57. The fourth-order valence-electron chi connectivity index (χ4n) is 2.57. The maximum Gasteiger partial charge on any atom is 0.00930 e. The summed E-state index contributed by atoms with van der Waals surface area (Å²) in [5.74, 6) is 2.39. The maximum atomic E-state index is 6.19. The van der Waals surface area contributed by atoms with Gasteiger partial charge in [-0.2, -0.15) is 0 Å². The molecule has 0 bridgehead atoms. The van der Waals surface area contributed by atoms with Crippen molar-refractivity contribution in [3.63, 3.8) is 0 Å². The molecule has 0 aromatic carbocycles. The highest BCUT2D eigenvalue weighted by Gasteiger charge is 2.31. The molecule has 0 saturated heterocycles. The molecular formula is C11H23N. The van der Waals surface area contributed by atoms with Crippen molar-refractivity contribution in [2.75, 3.05) is 0 Å². The van der Waals surface area contributed by atoms with Crippen molar-refractivity contribution in [2.24, 2.45) is 23.5 Å². The van der Waals surface area contributed by atoms with E-state index in [4.69, 9.17) is 5.73 Å². The van der Waals surface area contributed by atoms with E-state index in [2.05, 4.69) is 20.8 Å². The van der Waals surface area contributed by atoms with Crippen molar-refractivity contribution < 1.29 is 0 Å². The van der Waals surface area contributed by atoms with E-state index in [1.807, 2.05) is 0 Å². The molecule has 0 radical (unpaired) electrons. The van der Waals surface area contributed by atoms with Gasteiger partial charge >= 0.3 is 0 Å². The van der Waals surface area contributed by atoms with Gasteiger partial charge in [0.15, 0.2) is 0 Å². The summed E-state index contributed by atoms with van der Waals surface area (Å²) in [5.41, 5.74) is 6.19. The van der Waals surface area contributed by atoms with E-state index in [1.54, 1.807) is 0 Å². The Morgan fingerprint density at radius 2 is 2.00 bits per heavy atom. The molecule has 3 unspecified atom stereocenters. The normalized spacial score (nSPS) is 32.8. The smallest absolute Gasteiger partial charge is 0.00930 e. The molecule has 0 heterocycles. The van der Waals surface area contributed by atoms with Crippen LogP contribution >= 0.6 is 0 Å². The predicted octanol–water partition coefficient (Wildman–Crippen LogP) is 2.80. The number of hydrogen-bond acceptors (Lipinski definition) is 1. The van der Waals surface area contributed by atoms with Crippen LogP contribution in [0.25, 0.3) is 0 Å². The van der Waals surface area contributed by atoms with E-state index >= 15 is 0 Å². The number of nitrogens with two attached hydrogens (primary N) is 1. The predicted molar refractivity (Wildman–Crippen MR) is 53.9 cm³/mol. The van der Waals surface area contributed by atoms with Gasteiger partial charge in [-0.15, -0.1) is 0 Å². The largest absolute Gasteiger partial charge is 0.327 e. The van der Waals surface area contributed by atoms with Crippen LogP contribution in [0.15, 0.2) is 0 Å². The molecule has 1 saturated carbocycles. The van der Waals surface area contributed by atoms with Crippen LogP contribution in [0.2, 0.25) is 0 Å². The summed E-state index contributed by atoms with van der Waals surface area (Å²) in [7, 11) is 0. The molecule has 1 aliphatic rings. The lowest BCUT2D eigenvalue weighted by Gasteiger charge is -2.27. The van der Waals surface area contributed by atoms with Gasteiger partial charge in [-0.25, -0.2) is 0 Å². The van der Waals surface area contributed by atoms with Gasteiger partial charge < -0.3 is 5.73 Å². The summed E-state index contributed by atoms with van der Waals surface area (Å²) in [6, 6.07) is 0.442. The van der Waals surface area contributed by atoms with Crippen LogP contribution < -0.4 is 5.73 Å². The highest BCUT2D eigenvalue weighted by atomic mass is 14.7. The average Bonchev–Trinajstić information content (AvgIpc) is 2.49. The second-order valence-electron chi connectivity index (χ2n) is 4.58. The molecule has 1 rings (SSSR count). The lowest BCUT2D eigenvalue weighted by atomic mass is 9.82. The minimum absolute atomic E-state index is 0.442. The van der Waals surface area contributed by atoms with E-state index in [0.29, 0.717) is 12.0 Å². The standard InChI is InChI=1S/C11H23N/c1-4-9-6-5-7-10(9)11(12)8(2)3/h8-11H,4-7,12H2,1-3H3. The maximum absolute atomic E-state index is 6.19. The topological polar surface area (TPSA) is 26.0 Å². The summed E-state index contributed by atoms with van der Waals surface area (Å²) < 4.78 is 0. The van der Waals surface area contributed by atoms with Gasteiger partial charge in [0.2, 0.25) is 0 Å². The van der Waals surface area contributed by atoms with Gasteiger partial charge in [0.05, 0.1) is 0 Å². The summed E-state index contributed by atoms with van der Waals surface area (Å²) in [5, 5.41) is 0. The Morgan fingerprint density at radius 1 is 1.33 bits per heavy atom. The molecule has 1 fully saturated rings. The van der Waals surface area contributed by atoms with E-state index in [1.165, 1.54) is 25.7 Å². The lowest BCUT2D eigenvalue weighted by molar-refractivity contribution is 0.269. The number of hydrogen-bond donors (Lipinski definition) is 1. The van der Waals surface area contributed by atoms with E-state index < -0.39 is 0 Å². The van der Waals surface area contributed by atoms with Gasteiger partial charge in [0.1, 0.15) is 0 Å². The monoisotopic (exact) mass is 169 g/mol. The Balaban J connectivity index is 2.49. The Morgan fingerprint density at radius 3 is 2.50 bits per heavy atom. The van der Waals surface area contributed by atoms with Crippen molar-refractivity contribution >= 4 is 0 Å². The zero-order valence-electron chi connectivity index (χ0n) is 8.72. The van der Waals surface area contributed by atoms with Crippen LogP contribution in [0.1, 0.15) is 46.5 Å². The highest BCUT2D eigenvalue weighted by Crippen LogP contribution is 2.37. The molecule has 3 atom stereocenters. The molecule has 72 valence electrons. The molecule has 1 aliphatic carbocycles. The summed E-state index contributed by atoms with van der Waals surface area (Å²) >= 11 is 0. The quantitative estimate of drug-likeness (QED) is 0.690. The zero-order valence-corrected chi connectivity index (χ0v) is 8.72. The van der Waals surface area contributed by atoms with Gasteiger partial charge in [-0.3, -0.25) is 0 Å². The third kappa shape index (κ3) is 2.01. The molecule has 0 spiro atoms. The van der Waals surface area contributed by atoms with Gasteiger partial charge in [-0.1, -0.05) is 40.0 Å². The molecular weight excluding hydrogens is 146 g/mol. The highest BCUT2D eigenvalue weighted by molar-refractivity contribution is 4.85. The first kappa shape index (κ1) is 10.0. The van der Waals surface area contributed by atoms with Crippen LogP contribution in [0.3, 0.4) is 0 Å². The Bertz CT molecular complexity index is 131. The van der Waals surface area contributed by atoms with E-state index in [0.717, 1.165) is 11.8 Å². The number of rotatable bonds is 3. The minimum atomic E-state index is 0.442. The summed E-state index contributed by atoms with van der Waals surface area (Å²) in [6.45, 7) is 6.79. The zero-order chi connectivity index (χ0) is 9.14. The van der Waals surface area contributed by atoms with Crippen LogP contribution in [-0.4, -0.2) is 6.04 Å².